The van der Waals surface area contributed by atoms with Crippen LogP contribution < -0.4 is 0 Å². The predicted octanol–water partition coefficient (Wildman–Crippen LogP) is 4.45. The van der Waals surface area contributed by atoms with Gasteiger partial charge in [-0.05, 0) is 30.7 Å². The van der Waals surface area contributed by atoms with Crippen molar-refractivity contribution in [1.29, 1.82) is 0 Å². The Bertz CT molecular complexity index is 264. The highest BCUT2D eigenvalue weighted by molar-refractivity contribution is 7.96. The first-order chi connectivity index (χ1) is 7.80. The summed E-state index contributed by atoms with van der Waals surface area (Å²) in [6.07, 6.45) is 12.3. The summed E-state index contributed by atoms with van der Waals surface area (Å²) in [4.78, 5) is 0. The second-order valence-electron chi connectivity index (χ2n) is 3.34. The highest BCUT2D eigenvalue weighted by Crippen LogP contribution is 2.16. The molecule has 0 N–H and O–H groups in total. The molecular formula is C14H25NS. The molecule has 1 rings (SSSR count). The maximum Gasteiger partial charge on any atom is 0.0340 e. The molecule has 1 nitrogen and oxygen atoms in total. The van der Waals surface area contributed by atoms with E-state index in [1.54, 1.807) is 0 Å². The molecule has 0 bridgehead atoms. The van der Waals surface area contributed by atoms with Crippen molar-refractivity contribution in [3.63, 3.8) is 0 Å². The van der Waals surface area contributed by atoms with Gasteiger partial charge < -0.3 is 0 Å². The standard InChI is InChI=1S/C12H19NS.C2H6/c1-4-11-7-6-8-13(14-3)10-12(5-2)9-11;1-2/h5-7,9H,4,8,10H2,1-3H3;1-2H3/b7-6-,11-9-,12-5-;. The Balaban J connectivity index is 0.00000106. The van der Waals surface area contributed by atoms with Gasteiger partial charge in [0.1, 0.15) is 0 Å². The molecule has 1 aliphatic heterocycles. The van der Waals surface area contributed by atoms with Crippen LogP contribution in [0.1, 0.15) is 34.1 Å². The van der Waals surface area contributed by atoms with Crippen LogP contribution in [0.4, 0.5) is 0 Å². The third-order valence-electron chi connectivity index (χ3n) is 2.41. The minimum absolute atomic E-state index is 1.04. The number of hydrogen-bond donors (Lipinski definition) is 0. The first kappa shape index (κ1) is 15.5. The van der Waals surface area contributed by atoms with E-state index in [2.05, 4.69) is 48.7 Å². The first-order valence-electron chi connectivity index (χ1n) is 6.11. The van der Waals surface area contributed by atoms with Gasteiger partial charge >= 0.3 is 0 Å². The molecule has 0 saturated carbocycles. The molecule has 0 spiro atoms. The number of rotatable bonds is 2. The lowest BCUT2D eigenvalue weighted by Crippen LogP contribution is -2.18. The molecule has 0 saturated heterocycles. The SMILES string of the molecule is C/C=C1/C=C(CC)\C=C/CN(SC)C1.CC. The second kappa shape index (κ2) is 9.73. The van der Waals surface area contributed by atoms with Gasteiger partial charge in [0, 0.05) is 13.1 Å². The van der Waals surface area contributed by atoms with E-state index in [-0.39, 0.29) is 0 Å². The van der Waals surface area contributed by atoms with E-state index in [0.717, 1.165) is 19.5 Å². The third-order valence-corrected chi connectivity index (χ3v) is 3.20. The fraction of sp³-hybridized carbons (Fsp3) is 0.571. The van der Waals surface area contributed by atoms with Crippen molar-refractivity contribution in [1.82, 2.24) is 4.31 Å². The zero-order valence-corrected chi connectivity index (χ0v) is 12.1. The fourth-order valence-corrected chi connectivity index (χ4v) is 1.97. The summed E-state index contributed by atoms with van der Waals surface area (Å²) in [5, 5.41) is 0. The van der Waals surface area contributed by atoms with Crippen molar-refractivity contribution in [3.8, 4) is 0 Å². The average molecular weight is 239 g/mol. The Morgan fingerprint density at radius 2 is 2.12 bits per heavy atom. The van der Waals surface area contributed by atoms with E-state index < -0.39 is 0 Å². The maximum atomic E-state index is 2.36. The molecule has 0 amide bonds. The largest absolute Gasteiger partial charge is 0.243 e. The van der Waals surface area contributed by atoms with Crippen LogP contribution in [0.3, 0.4) is 0 Å². The fourth-order valence-electron chi connectivity index (χ4n) is 1.46. The summed E-state index contributed by atoms with van der Waals surface area (Å²) in [5.74, 6) is 0. The molecule has 0 aromatic carbocycles. The van der Waals surface area contributed by atoms with E-state index >= 15 is 0 Å². The van der Waals surface area contributed by atoms with Gasteiger partial charge in [-0.2, -0.15) is 0 Å². The van der Waals surface area contributed by atoms with Crippen molar-refractivity contribution in [3.05, 3.63) is 35.5 Å². The monoisotopic (exact) mass is 239 g/mol. The molecule has 16 heavy (non-hydrogen) atoms. The van der Waals surface area contributed by atoms with Crippen LogP contribution in [0, 0.1) is 0 Å². The molecular weight excluding hydrogens is 214 g/mol. The lowest BCUT2D eigenvalue weighted by Gasteiger charge is -2.20. The zero-order valence-electron chi connectivity index (χ0n) is 11.3. The van der Waals surface area contributed by atoms with Gasteiger partial charge in [0.2, 0.25) is 0 Å². The van der Waals surface area contributed by atoms with Gasteiger partial charge in [-0.25, -0.2) is 4.31 Å². The zero-order chi connectivity index (χ0) is 12.4. The summed E-state index contributed by atoms with van der Waals surface area (Å²) >= 11 is 1.81. The topological polar surface area (TPSA) is 3.24 Å². The van der Waals surface area contributed by atoms with Crippen LogP contribution in [0.25, 0.3) is 0 Å². The van der Waals surface area contributed by atoms with Crippen LogP contribution in [0.15, 0.2) is 35.5 Å². The molecule has 1 aliphatic rings. The smallest absolute Gasteiger partial charge is 0.0340 e. The Morgan fingerprint density at radius 1 is 1.44 bits per heavy atom. The van der Waals surface area contributed by atoms with Gasteiger partial charge in [-0.1, -0.05) is 57.0 Å². The Kier molecular flexibility index (Phi) is 9.45. The number of hydrogen-bond acceptors (Lipinski definition) is 2. The Labute approximate surface area is 105 Å². The van der Waals surface area contributed by atoms with Gasteiger partial charge in [0.25, 0.3) is 0 Å². The normalized spacial score (nSPS) is 24.8. The lowest BCUT2D eigenvalue weighted by molar-refractivity contribution is 0.568. The summed E-state index contributed by atoms with van der Waals surface area (Å²) in [7, 11) is 0. The first-order valence-corrected chi connectivity index (χ1v) is 7.29. The van der Waals surface area contributed by atoms with Crippen LogP contribution >= 0.6 is 11.9 Å². The predicted molar refractivity (Wildman–Crippen MR) is 77.7 cm³/mol. The van der Waals surface area contributed by atoms with Crippen molar-refractivity contribution >= 4 is 11.9 Å². The van der Waals surface area contributed by atoms with Crippen molar-refractivity contribution < 1.29 is 0 Å². The molecule has 0 radical (unpaired) electrons. The summed E-state index contributed by atoms with van der Waals surface area (Å²) in [6, 6.07) is 0. The van der Waals surface area contributed by atoms with Crippen LogP contribution in [-0.2, 0) is 0 Å². The summed E-state index contributed by atoms with van der Waals surface area (Å²) < 4.78 is 2.36. The molecule has 1 heterocycles. The van der Waals surface area contributed by atoms with Crippen molar-refractivity contribution in [2.24, 2.45) is 0 Å². The minimum atomic E-state index is 1.04. The van der Waals surface area contributed by atoms with Gasteiger partial charge in [-0.3, -0.25) is 0 Å². The van der Waals surface area contributed by atoms with Crippen molar-refractivity contribution in [2.45, 2.75) is 34.1 Å². The third kappa shape index (κ3) is 5.57. The van der Waals surface area contributed by atoms with E-state index in [9.17, 15) is 0 Å². The van der Waals surface area contributed by atoms with Gasteiger partial charge in [0.05, 0.1) is 0 Å². The van der Waals surface area contributed by atoms with Gasteiger partial charge in [0.15, 0.2) is 0 Å². The van der Waals surface area contributed by atoms with E-state index in [0.29, 0.717) is 0 Å². The summed E-state index contributed by atoms with van der Waals surface area (Å²) in [5.41, 5.74) is 2.85. The maximum absolute atomic E-state index is 2.36. The second-order valence-corrected chi connectivity index (χ2v) is 4.23. The lowest BCUT2D eigenvalue weighted by atomic mass is 10.1. The van der Waals surface area contributed by atoms with Crippen molar-refractivity contribution in [2.75, 3.05) is 19.3 Å². The molecule has 0 aromatic heterocycles. The summed E-state index contributed by atoms with van der Waals surface area (Å²) in [6.45, 7) is 10.4. The average Bonchev–Trinajstić information content (AvgIpc) is 2.32. The van der Waals surface area contributed by atoms with Crippen LogP contribution in [-0.4, -0.2) is 23.7 Å². The van der Waals surface area contributed by atoms with E-state index in [1.807, 2.05) is 25.8 Å². The highest BCUT2D eigenvalue weighted by atomic mass is 32.2. The van der Waals surface area contributed by atoms with Crippen LogP contribution in [0.2, 0.25) is 0 Å². The molecule has 0 atom stereocenters. The molecule has 92 valence electrons. The highest BCUT2D eigenvalue weighted by Gasteiger charge is 2.05. The molecule has 0 aromatic rings. The molecule has 0 fully saturated rings. The van der Waals surface area contributed by atoms with Crippen LogP contribution in [0.5, 0.6) is 0 Å². The Hall–Kier alpha value is -0.470. The quantitative estimate of drug-likeness (QED) is 0.655. The number of allylic oxidation sites excluding steroid dienone is 3. The van der Waals surface area contributed by atoms with E-state index in [4.69, 9.17) is 0 Å². The molecule has 0 aliphatic carbocycles. The van der Waals surface area contributed by atoms with Gasteiger partial charge in [-0.15, -0.1) is 0 Å². The molecule has 0 unspecified atom stereocenters. The Morgan fingerprint density at radius 3 is 2.62 bits per heavy atom. The minimum Gasteiger partial charge on any atom is -0.243 e. The number of nitrogens with zero attached hydrogens (tertiary/aromatic N) is 1. The molecule has 2 heteroatoms. The van der Waals surface area contributed by atoms with E-state index in [1.165, 1.54) is 11.1 Å².